The third kappa shape index (κ3) is 8.44. The van der Waals surface area contributed by atoms with E-state index in [4.69, 9.17) is 19.1 Å². The molecule has 0 spiro atoms. The molecule has 3 amide bonds. The SMILES string of the molecule is COC[C@H](NC(=O)c1cc(CO)on1)C(=O)N[C@@H](Cc1ccccc1)C(=O)N[C@@H](CC(C)C)C(=O)[C@]1(C)CO1. The van der Waals surface area contributed by atoms with Crippen LogP contribution in [0.5, 0.6) is 0 Å². The second-order valence-electron chi connectivity index (χ2n) is 10.1. The summed E-state index contributed by atoms with van der Waals surface area (Å²) in [7, 11) is 1.36. The van der Waals surface area contributed by atoms with Gasteiger partial charge in [0.25, 0.3) is 5.91 Å². The molecule has 0 bridgehead atoms. The van der Waals surface area contributed by atoms with Crippen LogP contribution in [0.15, 0.2) is 40.9 Å². The number of ether oxygens (including phenoxy) is 2. The highest BCUT2D eigenvalue weighted by molar-refractivity contribution is 5.99. The van der Waals surface area contributed by atoms with Crippen molar-refractivity contribution in [2.45, 2.75) is 63.9 Å². The van der Waals surface area contributed by atoms with E-state index in [0.717, 1.165) is 5.56 Å². The van der Waals surface area contributed by atoms with Crippen molar-refractivity contribution in [1.29, 1.82) is 0 Å². The molecule has 1 fully saturated rings. The summed E-state index contributed by atoms with van der Waals surface area (Å²) < 4.78 is 15.3. The normalized spacial score (nSPS) is 18.6. The number of nitrogens with zero attached hydrogens (tertiary/aromatic N) is 1. The Balaban J connectivity index is 1.77. The van der Waals surface area contributed by atoms with E-state index >= 15 is 0 Å². The number of methoxy groups -OCH3 is 1. The van der Waals surface area contributed by atoms with E-state index in [1.165, 1.54) is 13.2 Å². The van der Waals surface area contributed by atoms with E-state index in [0.29, 0.717) is 13.0 Å². The zero-order valence-electron chi connectivity index (χ0n) is 22.6. The Hall–Kier alpha value is -3.61. The summed E-state index contributed by atoms with van der Waals surface area (Å²) in [5.74, 6) is -1.94. The summed E-state index contributed by atoms with van der Waals surface area (Å²) in [5, 5.41) is 20.7. The number of rotatable bonds is 15. The van der Waals surface area contributed by atoms with Crippen LogP contribution in [0, 0.1) is 5.92 Å². The lowest BCUT2D eigenvalue weighted by atomic mass is 9.93. The van der Waals surface area contributed by atoms with Crippen LogP contribution in [0.25, 0.3) is 0 Å². The lowest BCUT2D eigenvalue weighted by molar-refractivity contribution is -0.133. The first-order valence-corrected chi connectivity index (χ1v) is 12.8. The topological polar surface area (TPSA) is 172 Å². The van der Waals surface area contributed by atoms with Crippen LogP contribution in [0.1, 0.15) is 49.0 Å². The summed E-state index contributed by atoms with van der Waals surface area (Å²) in [6.07, 6.45) is 0.553. The number of epoxide rings is 1. The van der Waals surface area contributed by atoms with Gasteiger partial charge in [0.15, 0.2) is 17.2 Å². The van der Waals surface area contributed by atoms with Crippen molar-refractivity contribution in [2.75, 3.05) is 20.3 Å². The molecule has 4 atom stereocenters. The number of aliphatic hydroxyl groups excluding tert-OH is 1. The Morgan fingerprint density at radius 1 is 1.05 bits per heavy atom. The van der Waals surface area contributed by atoms with Gasteiger partial charge in [-0.15, -0.1) is 0 Å². The third-order valence-corrected chi connectivity index (χ3v) is 6.26. The summed E-state index contributed by atoms with van der Waals surface area (Å²) in [6, 6.07) is 7.33. The standard InChI is InChI=1S/C27H36N4O8/c1-16(2)10-19(23(33)27(3)15-38-27)28-24(34)20(11-17-8-6-5-7-9-17)29-26(36)22(14-37-4)30-25(35)21-12-18(13-32)39-31-21/h5-9,12,16,19-20,22,32H,10-11,13-15H2,1-4H3,(H,28,34)(H,29,36)(H,30,35)/t19-,20-,22-,27-/m0/s1. The molecular weight excluding hydrogens is 508 g/mol. The Labute approximate surface area is 226 Å². The molecule has 12 heteroatoms. The van der Waals surface area contributed by atoms with Crippen molar-refractivity contribution in [3.05, 3.63) is 53.4 Å². The van der Waals surface area contributed by atoms with Gasteiger partial charge < -0.3 is 35.1 Å². The van der Waals surface area contributed by atoms with Crippen LogP contribution < -0.4 is 16.0 Å². The molecule has 0 unspecified atom stereocenters. The van der Waals surface area contributed by atoms with Crippen molar-refractivity contribution in [3.8, 4) is 0 Å². The Morgan fingerprint density at radius 2 is 1.69 bits per heavy atom. The molecule has 1 saturated heterocycles. The minimum absolute atomic E-state index is 0.0865. The van der Waals surface area contributed by atoms with Crippen molar-refractivity contribution in [3.63, 3.8) is 0 Å². The van der Waals surface area contributed by atoms with E-state index in [1.807, 2.05) is 44.2 Å². The van der Waals surface area contributed by atoms with Gasteiger partial charge >= 0.3 is 0 Å². The molecule has 4 N–H and O–H groups in total. The molecule has 2 aromatic rings. The zero-order valence-corrected chi connectivity index (χ0v) is 22.6. The summed E-state index contributed by atoms with van der Waals surface area (Å²) >= 11 is 0. The zero-order chi connectivity index (χ0) is 28.6. The molecule has 1 aliphatic heterocycles. The maximum absolute atomic E-state index is 13.5. The van der Waals surface area contributed by atoms with Crippen molar-refractivity contribution < 1.29 is 38.3 Å². The van der Waals surface area contributed by atoms with Gasteiger partial charge in [-0.05, 0) is 24.8 Å². The number of Topliss-reactive ketones (excluding diaryl/α,β-unsaturated/α-hetero) is 1. The van der Waals surface area contributed by atoms with Gasteiger partial charge in [0, 0.05) is 19.6 Å². The molecule has 2 heterocycles. The first-order valence-electron chi connectivity index (χ1n) is 12.8. The quantitative estimate of drug-likeness (QED) is 0.233. The number of ketones is 1. The molecular formula is C27H36N4O8. The Morgan fingerprint density at radius 3 is 2.26 bits per heavy atom. The molecule has 0 aliphatic carbocycles. The Bertz CT molecular complexity index is 1150. The monoisotopic (exact) mass is 544 g/mol. The largest absolute Gasteiger partial charge is 0.388 e. The first-order chi connectivity index (χ1) is 18.6. The number of amides is 3. The van der Waals surface area contributed by atoms with Gasteiger partial charge in [0.2, 0.25) is 11.8 Å². The fourth-order valence-corrected chi connectivity index (χ4v) is 4.00. The Kier molecular flexibility index (Phi) is 10.3. The molecule has 1 aromatic carbocycles. The van der Waals surface area contributed by atoms with E-state index in [-0.39, 0.29) is 36.2 Å². The van der Waals surface area contributed by atoms with Crippen LogP contribution in [-0.2, 0) is 36.9 Å². The van der Waals surface area contributed by atoms with Gasteiger partial charge in [-0.25, -0.2) is 0 Å². The molecule has 3 rings (SSSR count). The van der Waals surface area contributed by atoms with Gasteiger partial charge in [-0.1, -0.05) is 49.3 Å². The minimum atomic E-state index is -1.17. The fourth-order valence-electron chi connectivity index (χ4n) is 4.00. The molecule has 212 valence electrons. The van der Waals surface area contributed by atoms with Crippen molar-refractivity contribution in [2.24, 2.45) is 5.92 Å². The average molecular weight is 545 g/mol. The summed E-state index contributed by atoms with van der Waals surface area (Å²) in [4.78, 5) is 52.5. The molecule has 12 nitrogen and oxygen atoms in total. The van der Waals surface area contributed by atoms with E-state index < -0.39 is 48.1 Å². The molecule has 39 heavy (non-hydrogen) atoms. The summed E-state index contributed by atoms with van der Waals surface area (Å²) in [5.41, 5.74) is -0.262. The number of benzene rings is 1. The molecule has 1 aliphatic rings. The predicted molar refractivity (Wildman–Crippen MR) is 138 cm³/mol. The lowest BCUT2D eigenvalue weighted by Gasteiger charge is -2.26. The number of hydrogen-bond donors (Lipinski definition) is 4. The van der Waals surface area contributed by atoms with Crippen molar-refractivity contribution >= 4 is 23.5 Å². The van der Waals surface area contributed by atoms with Crippen LogP contribution in [0.4, 0.5) is 0 Å². The third-order valence-electron chi connectivity index (χ3n) is 6.26. The summed E-state index contributed by atoms with van der Waals surface area (Å²) in [6.45, 7) is 5.25. The van der Waals surface area contributed by atoms with E-state index in [9.17, 15) is 19.2 Å². The average Bonchev–Trinajstić information content (AvgIpc) is 3.47. The van der Waals surface area contributed by atoms with Crippen molar-refractivity contribution in [1.82, 2.24) is 21.1 Å². The number of carbonyl (C=O) groups excluding carboxylic acids is 4. The number of hydrogen-bond acceptors (Lipinski definition) is 9. The number of aliphatic hydroxyl groups is 1. The first kappa shape index (κ1) is 29.9. The highest BCUT2D eigenvalue weighted by Crippen LogP contribution is 2.29. The van der Waals surface area contributed by atoms with Crippen LogP contribution in [0.2, 0.25) is 0 Å². The van der Waals surface area contributed by atoms with Gasteiger partial charge in [0.1, 0.15) is 24.3 Å². The smallest absolute Gasteiger partial charge is 0.274 e. The second-order valence-corrected chi connectivity index (χ2v) is 10.1. The van der Waals surface area contributed by atoms with Gasteiger partial charge in [0.05, 0.1) is 19.3 Å². The van der Waals surface area contributed by atoms with Crippen LogP contribution >= 0.6 is 0 Å². The van der Waals surface area contributed by atoms with E-state index in [2.05, 4.69) is 21.1 Å². The minimum Gasteiger partial charge on any atom is -0.388 e. The van der Waals surface area contributed by atoms with E-state index in [1.54, 1.807) is 6.92 Å². The fraction of sp³-hybridized carbons (Fsp3) is 0.519. The maximum atomic E-state index is 13.5. The highest BCUT2D eigenvalue weighted by atomic mass is 16.6. The number of carbonyl (C=O) groups is 4. The number of nitrogens with one attached hydrogen (secondary N) is 3. The van der Waals surface area contributed by atoms with Crippen LogP contribution in [-0.4, -0.2) is 77.8 Å². The number of aromatic nitrogens is 1. The van der Waals surface area contributed by atoms with Gasteiger partial charge in [-0.3, -0.25) is 19.2 Å². The molecule has 0 saturated carbocycles. The molecule has 1 aromatic heterocycles. The van der Waals surface area contributed by atoms with Gasteiger partial charge in [-0.2, -0.15) is 0 Å². The second kappa shape index (κ2) is 13.5. The molecule has 0 radical (unpaired) electrons. The maximum Gasteiger partial charge on any atom is 0.274 e. The highest BCUT2D eigenvalue weighted by Gasteiger charge is 2.50. The predicted octanol–water partition coefficient (Wildman–Crippen LogP) is 0.528. The lowest BCUT2D eigenvalue weighted by Crippen LogP contribution is -2.58. The van der Waals surface area contributed by atoms with Crippen LogP contribution in [0.3, 0.4) is 0 Å².